The molecule has 0 atom stereocenters. The molecule has 128 valence electrons. The molecule has 0 aliphatic carbocycles. The standard InChI is InChI=1S/C17H12Cl3N3O2/c1-2-25-17(24)15-10-8-22-13(5-6-14(22)20)16(10)23(21-15)12-4-3-9(18)7-11(12)19/h3-7H,2,8H2,1H3. The first-order valence-electron chi connectivity index (χ1n) is 7.61. The summed E-state index contributed by atoms with van der Waals surface area (Å²) >= 11 is 18.6. The maximum Gasteiger partial charge on any atom is 0.359 e. The smallest absolute Gasteiger partial charge is 0.359 e. The molecule has 8 heteroatoms. The predicted molar refractivity (Wildman–Crippen MR) is 97.1 cm³/mol. The number of carbonyl (C=O) groups excluding carboxylic acids is 1. The molecule has 0 bridgehead atoms. The Kier molecular flexibility index (Phi) is 4.02. The highest BCUT2D eigenvalue weighted by atomic mass is 35.5. The summed E-state index contributed by atoms with van der Waals surface area (Å²) in [6, 6.07) is 8.83. The third kappa shape index (κ3) is 2.54. The number of benzene rings is 1. The van der Waals surface area contributed by atoms with Crippen LogP contribution in [0.3, 0.4) is 0 Å². The van der Waals surface area contributed by atoms with E-state index in [4.69, 9.17) is 39.5 Å². The zero-order chi connectivity index (χ0) is 17.7. The van der Waals surface area contributed by atoms with Crippen LogP contribution in [-0.4, -0.2) is 26.9 Å². The van der Waals surface area contributed by atoms with Gasteiger partial charge in [-0.2, -0.15) is 5.10 Å². The van der Waals surface area contributed by atoms with Crippen LogP contribution in [0.2, 0.25) is 15.2 Å². The molecule has 0 unspecified atom stereocenters. The number of fused-ring (bicyclic) bond motifs is 3. The van der Waals surface area contributed by atoms with Gasteiger partial charge in [-0.15, -0.1) is 0 Å². The van der Waals surface area contributed by atoms with Crippen LogP contribution in [0.25, 0.3) is 17.1 Å². The number of rotatable bonds is 3. The van der Waals surface area contributed by atoms with Gasteiger partial charge in [0.15, 0.2) is 5.69 Å². The van der Waals surface area contributed by atoms with Crippen LogP contribution in [0.1, 0.15) is 23.0 Å². The molecule has 0 saturated carbocycles. The molecule has 4 rings (SSSR count). The molecular weight excluding hydrogens is 385 g/mol. The zero-order valence-corrected chi connectivity index (χ0v) is 15.4. The highest BCUT2D eigenvalue weighted by molar-refractivity contribution is 6.35. The molecule has 2 aromatic heterocycles. The van der Waals surface area contributed by atoms with Crippen molar-refractivity contribution in [3.05, 3.63) is 56.8 Å². The van der Waals surface area contributed by atoms with E-state index < -0.39 is 5.97 Å². The second-order valence-corrected chi connectivity index (χ2v) is 6.76. The monoisotopic (exact) mass is 395 g/mol. The van der Waals surface area contributed by atoms with Crippen LogP contribution in [0, 0.1) is 0 Å². The lowest BCUT2D eigenvalue weighted by Gasteiger charge is -2.09. The molecule has 1 aromatic carbocycles. The van der Waals surface area contributed by atoms with Crippen LogP contribution in [0.15, 0.2) is 30.3 Å². The summed E-state index contributed by atoms with van der Waals surface area (Å²) in [6.45, 7) is 2.48. The molecule has 0 N–H and O–H groups in total. The van der Waals surface area contributed by atoms with Crippen molar-refractivity contribution in [1.82, 2.24) is 14.3 Å². The summed E-state index contributed by atoms with van der Waals surface area (Å²) in [5.41, 5.74) is 3.31. The van der Waals surface area contributed by atoms with E-state index in [1.165, 1.54) is 0 Å². The third-order valence-electron chi connectivity index (χ3n) is 4.08. The first-order chi connectivity index (χ1) is 12.0. The average Bonchev–Trinajstić information content (AvgIpc) is 3.20. The molecule has 25 heavy (non-hydrogen) atoms. The van der Waals surface area contributed by atoms with E-state index in [1.807, 2.05) is 16.7 Å². The Morgan fingerprint density at radius 3 is 2.76 bits per heavy atom. The van der Waals surface area contributed by atoms with Gasteiger partial charge < -0.3 is 9.30 Å². The minimum Gasteiger partial charge on any atom is -0.461 e. The highest BCUT2D eigenvalue weighted by Gasteiger charge is 2.33. The van der Waals surface area contributed by atoms with Crippen LogP contribution in [0.5, 0.6) is 0 Å². The zero-order valence-electron chi connectivity index (χ0n) is 13.1. The Morgan fingerprint density at radius 1 is 1.24 bits per heavy atom. The lowest BCUT2D eigenvalue weighted by molar-refractivity contribution is 0.0517. The average molecular weight is 397 g/mol. The van der Waals surface area contributed by atoms with Crippen LogP contribution < -0.4 is 0 Å². The number of aromatic nitrogens is 3. The number of hydrogen-bond donors (Lipinski definition) is 0. The summed E-state index contributed by atoms with van der Waals surface area (Å²) in [7, 11) is 0. The van der Waals surface area contributed by atoms with Crippen molar-refractivity contribution < 1.29 is 9.53 Å². The fourth-order valence-corrected chi connectivity index (χ4v) is 3.72. The van der Waals surface area contributed by atoms with Crippen molar-refractivity contribution in [2.24, 2.45) is 0 Å². The molecule has 0 amide bonds. The Labute approximate surface area is 158 Å². The third-order valence-corrected chi connectivity index (χ3v) is 4.94. The van der Waals surface area contributed by atoms with Crippen LogP contribution in [0.4, 0.5) is 0 Å². The Morgan fingerprint density at radius 2 is 2.04 bits per heavy atom. The number of ether oxygens (including phenoxy) is 1. The molecule has 3 heterocycles. The van der Waals surface area contributed by atoms with Gasteiger partial charge in [0.1, 0.15) is 5.15 Å². The first kappa shape index (κ1) is 16.5. The van der Waals surface area contributed by atoms with E-state index >= 15 is 0 Å². The summed E-state index contributed by atoms with van der Waals surface area (Å²) in [5.74, 6) is -0.468. The molecule has 0 radical (unpaired) electrons. The second kappa shape index (κ2) is 6.09. The summed E-state index contributed by atoms with van der Waals surface area (Å²) in [4.78, 5) is 12.4. The number of nitrogens with zero attached hydrogens (tertiary/aromatic N) is 3. The van der Waals surface area contributed by atoms with Gasteiger partial charge in [-0.05, 0) is 37.3 Å². The van der Waals surface area contributed by atoms with Gasteiger partial charge in [0, 0.05) is 10.6 Å². The largest absolute Gasteiger partial charge is 0.461 e. The van der Waals surface area contributed by atoms with Gasteiger partial charge in [0.25, 0.3) is 0 Å². The lowest BCUT2D eigenvalue weighted by Crippen LogP contribution is -2.10. The van der Waals surface area contributed by atoms with E-state index in [0.29, 0.717) is 27.4 Å². The number of esters is 1. The normalized spacial score (nSPS) is 12.2. The Hall–Kier alpha value is -1.95. The number of carbonyl (C=O) groups is 1. The van der Waals surface area contributed by atoms with Crippen molar-refractivity contribution in [3.63, 3.8) is 0 Å². The molecular formula is C17H12Cl3N3O2. The second-order valence-electron chi connectivity index (χ2n) is 5.53. The van der Waals surface area contributed by atoms with Gasteiger partial charge in [-0.25, -0.2) is 9.48 Å². The van der Waals surface area contributed by atoms with Crippen molar-refractivity contribution in [3.8, 4) is 17.1 Å². The molecule has 0 saturated heterocycles. The molecule has 0 fully saturated rings. The SMILES string of the molecule is CCOC(=O)c1nn(-c2ccc(Cl)cc2Cl)c2c1Cn1c(Cl)ccc1-2. The molecule has 1 aliphatic heterocycles. The predicted octanol–water partition coefficient (Wildman–Crippen LogP) is 4.84. The summed E-state index contributed by atoms with van der Waals surface area (Å²) in [5, 5.41) is 6.03. The van der Waals surface area contributed by atoms with Gasteiger partial charge in [-0.1, -0.05) is 34.8 Å². The van der Waals surface area contributed by atoms with Gasteiger partial charge in [0.2, 0.25) is 0 Å². The van der Waals surface area contributed by atoms with Crippen molar-refractivity contribution in [1.29, 1.82) is 0 Å². The van der Waals surface area contributed by atoms with Crippen molar-refractivity contribution >= 4 is 40.8 Å². The van der Waals surface area contributed by atoms with Crippen molar-refractivity contribution in [2.45, 2.75) is 13.5 Å². The van der Waals surface area contributed by atoms with Gasteiger partial charge in [0.05, 0.1) is 35.2 Å². The first-order valence-corrected chi connectivity index (χ1v) is 8.74. The van der Waals surface area contributed by atoms with Crippen LogP contribution in [-0.2, 0) is 11.3 Å². The quantitative estimate of drug-likeness (QED) is 0.466. The minimum atomic E-state index is -0.468. The molecule has 1 aliphatic rings. The fraction of sp³-hybridized carbons (Fsp3) is 0.176. The van der Waals surface area contributed by atoms with E-state index in [-0.39, 0.29) is 12.3 Å². The number of hydrogen-bond acceptors (Lipinski definition) is 3. The number of halogens is 3. The molecule has 5 nitrogen and oxygen atoms in total. The maximum atomic E-state index is 12.4. The Balaban J connectivity index is 1.96. The van der Waals surface area contributed by atoms with Gasteiger partial charge in [-0.3, -0.25) is 0 Å². The summed E-state index contributed by atoms with van der Waals surface area (Å²) in [6.07, 6.45) is 0. The molecule has 0 spiro atoms. The van der Waals surface area contributed by atoms with E-state index in [9.17, 15) is 4.79 Å². The lowest BCUT2D eigenvalue weighted by atomic mass is 10.1. The van der Waals surface area contributed by atoms with Crippen LogP contribution >= 0.6 is 34.8 Å². The van der Waals surface area contributed by atoms with E-state index in [0.717, 1.165) is 17.0 Å². The fourth-order valence-electron chi connectivity index (χ4n) is 3.02. The van der Waals surface area contributed by atoms with Gasteiger partial charge >= 0.3 is 5.97 Å². The highest BCUT2D eigenvalue weighted by Crippen LogP contribution is 2.40. The summed E-state index contributed by atoms with van der Waals surface area (Å²) < 4.78 is 8.71. The van der Waals surface area contributed by atoms with Crippen molar-refractivity contribution in [2.75, 3.05) is 6.61 Å². The molecule has 3 aromatic rings. The maximum absolute atomic E-state index is 12.4. The topological polar surface area (TPSA) is 49.0 Å². The van der Waals surface area contributed by atoms with E-state index in [1.54, 1.807) is 29.8 Å². The Bertz CT molecular complexity index is 1010. The van der Waals surface area contributed by atoms with E-state index in [2.05, 4.69) is 5.10 Å². The minimum absolute atomic E-state index is 0.266.